The summed E-state index contributed by atoms with van der Waals surface area (Å²) >= 11 is 0. The zero-order valence-corrected chi connectivity index (χ0v) is 5.33. The fraction of sp³-hybridized carbons (Fsp3) is 0.667. The Morgan fingerprint density at radius 3 is 2.70 bits per heavy atom. The highest BCUT2D eigenvalue weighted by molar-refractivity contribution is 5.72. The minimum atomic E-state index is -0.842. The second-order valence-electron chi connectivity index (χ2n) is 2.35. The first-order valence-corrected chi connectivity index (χ1v) is 3.08. The van der Waals surface area contributed by atoms with Crippen molar-refractivity contribution in [1.29, 1.82) is 0 Å². The van der Waals surface area contributed by atoms with Crippen LogP contribution in [0.5, 0.6) is 0 Å². The Balaban J connectivity index is 2.42. The number of carboxylic acids is 1. The molecule has 1 radical (unpaired) electrons. The Morgan fingerprint density at radius 1 is 1.70 bits per heavy atom. The van der Waals surface area contributed by atoms with E-state index in [1.54, 1.807) is 6.29 Å². The van der Waals surface area contributed by atoms with Gasteiger partial charge in [0.1, 0.15) is 0 Å². The lowest BCUT2D eigenvalue weighted by Crippen LogP contribution is -2.22. The van der Waals surface area contributed by atoms with Crippen molar-refractivity contribution in [1.82, 2.24) is 5.32 Å². The molecular weight excluding hydrogens is 134 g/mol. The van der Waals surface area contributed by atoms with Gasteiger partial charge in [-0.2, -0.15) is 0 Å². The molecule has 2 atom stereocenters. The van der Waals surface area contributed by atoms with Crippen LogP contribution in [0, 0.1) is 5.92 Å². The normalized spacial score (nSPS) is 32.0. The van der Waals surface area contributed by atoms with Gasteiger partial charge in [-0.1, -0.05) is 0 Å². The summed E-state index contributed by atoms with van der Waals surface area (Å²) in [5.74, 6) is -1.25. The molecule has 2 N–H and O–H groups in total. The van der Waals surface area contributed by atoms with Crippen LogP contribution in [0.2, 0.25) is 0 Å². The summed E-state index contributed by atoms with van der Waals surface area (Å²) in [6, 6.07) is -0.374. The van der Waals surface area contributed by atoms with Crippen LogP contribution < -0.4 is 5.32 Å². The zero-order valence-electron chi connectivity index (χ0n) is 5.33. The van der Waals surface area contributed by atoms with Crippen molar-refractivity contribution < 1.29 is 14.7 Å². The van der Waals surface area contributed by atoms with E-state index in [4.69, 9.17) is 5.11 Å². The summed E-state index contributed by atoms with van der Waals surface area (Å²) in [4.78, 5) is 20.3. The Hall–Kier alpha value is -0.900. The number of hydrogen-bond acceptors (Lipinski definition) is 3. The third-order valence-corrected chi connectivity index (χ3v) is 1.62. The summed E-state index contributed by atoms with van der Waals surface area (Å²) in [5, 5.41) is 11.2. The molecule has 0 aromatic rings. The monoisotopic (exact) mass is 142 g/mol. The van der Waals surface area contributed by atoms with Crippen molar-refractivity contribution in [3.05, 3.63) is 0 Å². The topological polar surface area (TPSA) is 66.4 Å². The maximum absolute atomic E-state index is 10.3. The summed E-state index contributed by atoms with van der Waals surface area (Å²) in [6.45, 7) is 0.384. The van der Waals surface area contributed by atoms with Gasteiger partial charge in [0, 0.05) is 6.54 Å². The molecule has 0 amide bonds. The molecule has 0 aromatic heterocycles. The van der Waals surface area contributed by atoms with Crippen molar-refractivity contribution in [2.24, 2.45) is 5.92 Å². The van der Waals surface area contributed by atoms with Crippen molar-refractivity contribution in [3.63, 3.8) is 0 Å². The largest absolute Gasteiger partial charge is 0.481 e. The molecule has 0 saturated carbocycles. The van der Waals surface area contributed by atoms with Crippen LogP contribution in [0.3, 0.4) is 0 Å². The number of aliphatic carboxylic acids is 1. The number of nitrogens with one attached hydrogen (secondary N) is 1. The first kappa shape index (κ1) is 7.21. The average molecular weight is 142 g/mol. The second kappa shape index (κ2) is 2.79. The third-order valence-electron chi connectivity index (χ3n) is 1.62. The van der Waals surface area contributed by atoms with E-state index < -0.39 is 11.9 Å². The van der Waals surface area contributed by atoms with Crippen LogP contribution in [-0.4, -0.2) is 29.9 Å². The van der Waals surface area contributed by atoms with E-state index in [2.05, 4.69) is 5.32 Å². The highest BCUT2D eigenvalue weighted by atomic mass is 16.4. The molecule has 1 aliphatic rings. The third kappa shape index (κ3) is 1.33. The molecule has 1 fully saturated rings. The smallest absolute Gasteiger partial charge is 0.307 e. The predicted molar refractivity (Wildman–Crippen MR) is 33.2 cm³/mol. The van der Waals surface area contributed by atoms with E-state index in [-0.39, 0.29) is 6.04 Å². The Morgan fingerprint density at radius 2 is 2.40 bits per heavy atom. The van der Waals surface area contributed by atoms with E-state index in [0.29, 0.717) is 13.0 Å². The molecule has 1 aliphatic heterocycles. The average Bonchev–Trinajstić information content (AvgIpc) is 2.34. The molecule has 1 rings (SSSR count). The second-order valence-corrected chi connectivity index (χ2v) is 2.35. The van der Waals surface area contributed by atoms with Gasteiger partial charge < -0.3 is 10.4 Å². The van der Waals surface area contributed by atoms with E-state index in [9.17, 15) is 9.59 Å². The van der Waals surface area contributed by atoms with E-state index in [1.807, 2.05) is 0 Å². The molecule has 55 valence electrons. The minimum absolute atomic E-state index is 0.374. The minimum Gasteiger partial charge on any atom is -0.481 e. The van der Waals surface area contributed by atoms with Gasteiger partial charge in [-0.3, -0.25) is 9.59 Å². The Labute approximate surface area is 58.2 Å². The molecule has 10 heavy (non-hydrogen) atoms. The predicted octanol–water partition coefficient (Wildman–Crippen LogP) is -0.841. The van der Waals surface area contributed by atoms with Crippen LogP contribution >= 0.6 is 0 Å². The summed E-state index contributed by atoms with van der Waals surface area (Å²) in [6.07, 6.45) is 2.10. The van der Waals surface area contributed by atoms with Crippen molar-refractivity contribution in [3.8, 4) is 0 Å². The van der Waals surface area contributed by atoms with E-state index in [0.717, 1.165) is 0 Å². The first-order valence-electron chi connectivity index (χ1n) is 3.08. The standard InChI is InChI=1S/C6H8NO3/c8-3-5-1-4(2-7-5)6(9)10/h4-5,7H,1-2H2,(H,9,10)/t4?,5-/m0/s1. The highest BCUT2D eigenvalue weighted by Crippen LogP contribution is 2.11. The molecule has 4 heteroatoms. The number of carbonyl (C=O) groups excluding carboxylic acids is 1. The summed E-state index contributed by atoms with van der Waals surface area (Å²) in [7, 11) is 0. The van der Waals surface area contributed by atoms with E-state index in [1.165, 1.54) is 0 Å². The Bertz CT molecular complexity index is 157. The maximum atomic E-state index is 10.3. The molecule has 0 aromatic carbocycles. The van der Waals surface area contributed by atoms with Gasteiger partial charge in [-0.15, -0.1) is 0 Å². The lowest BCUT2D eigenvalue weighted by Gasteiger charge is -1.97. The number of carboxylic acid groups (broad SMARTS) is 1. The summed E-state index contributed by atoms with van der Waals surface area (Å²) < 4.78 is 0. The highest BCUT2D eigenvalue weighted by Gasteiger charge is 2.28. The SMILES string of the molecule is O=[C][C@@H]1CC(C(=O)O)CN1. The number of carbonyl (C=O) groups is 1. The molecule has 1 saturated heterocycles. The number of hydrogen-bond donors (Lipinski definition) is 2. The van der Waals surface area contributed by atoms with Crippen LogP contribution in [0.1, 0.15) is 6.42 Å². The lowest BCUT2D eigenvalue weighted by molar-refractivity contribution is -0.141. The fourth-order valence-electron chi connectivity index (χ4n) is 1.01. The van der Waals surface area contributed by atoms with Crippen LogP contribution in [0.4, 0.5) is 0 Å². The molecule has 0 bridgehead atoms. The van der Waals surface area contributed by atoms with Crippen LogP contribution in [0.15, 0.2) is 0 Å². The van der Waals surface area contributed by atoms with Gasteiger partial charge in [-0.05, 0) is 6.42 Å². The molecular formula is C6H8NO3. The van der Waals surface area contributed by atoms with Gasteiger partial charge in [0.15, 0.2) is 0 Å². The lowest BCUT2D eigenvalue weighted by atomic mass is 10.1. The molecule has 1 heterocycles. The number of rotatable bonds is 2. The van der Waals surface area contributed by atoms with Gasteiger partial charge in [0.2, 0.25) is 6.29 Å². The van der Waals surface area contributed by atoms with Crippen LogP contribution in [-0.2, 0) is 9.59 Å². The van der Waals surface area contributed by atoms with Gasteiger partial charge >= 0.3 is 5.97 Å². The fourth-order valence-corrected chi connectivity index (χ4v) is 1.01. The molecule has 4 nitrogen and oxygen atoms in total. The van der Waals surface area contributed by atoms with E-state index >= 15 is 0 Å². The zero-order chi connectivity index (χ0) is 7.56. The van der Waals surface area contributed by atoms with Crippen LogP contribution in [0.25, 0.3) is 0 Å². The quantitative estimate of drug-likeness (QED) is 0.527. The van der Waals surface area contributed by atoms with Gasteiger partial charge in [0.05, 0.1) is 12.0 Å². The molecule has 1 unspecified atom stereocenters. The Kier molecular flexibility index (Phi) is 2.01. The maximum Gasteiger partial charge on any atom is 0.307 e. The van der Waals surface area contributed by atoms with Crippen molar-refractivity contribution >= 4 is 12.3 Å². The molecule has 0 spiro atoms. The van der Waals surface area contributed by atoms with Crippen molar-refractivity contribution in [2.75, 3.05) is 6.54 Å². The van der Waals surface area contributed by atoms with Gasteiger partial charge in [0.25, 0.3) is 0 Å². The molecule has 0 aliphatic carbocycles. The summed E-state index contributed by atoms with van der Waals surface area (Å²) in [5.41, 5.74) is 0. The first-order chi connectivity index (χ1) is 4.74. The van der Waals surface area contributed by atoms with Crippen molar-refractivity contribution in [2.45, 2.75) is 12.5 Å². The van der Waals surface area contributed by atoms with Gasteiger partial charge in [-0.25, -0.2) is 0 Å².